The van der Waals surface area contributed by atoms with Gasteiger partial charge in [-0.1, -0.05) is 54.6 Å². The zero-order valence-corrected chi connectivity index (χ0v) is 17.6. The molecule has 0 N–H and O–H groups in total. The molecule has 0 spiro atoms. The highest BCUT2D eigenvalue weighted by Gasteiger charge is 2.41. The number of carbonyl (C=O) groups is 2. The lowest BCUT2D eigenvalue weighted by Gasteiger charge is -2.31. The third-order valence-electron chi connectivity index (χ3n) is 5.63. The van der Waals surface area contributed by atoms with E-state index in [1.807, 2.05) is 56.3 Å². The zero-order valence-electron chi connectivity index (χ0n) is 17.6. The van der Waals surface area contributed by atoms with Crippen molar-refractivity contribution in [2.24, 2.45) is 0 Å². The van der Waals surface area contributed by atoms with Crippen LogP contribution >= 0.6 is 0 Å². The quantitative estimate of drug-likeness (QED) is 0.522. The van der Waals surface area contributed by atoms with E-state index >= 15 is 0 Å². The molecule has 2 aromatic rings. The normalized spacial score (nSPS) is 16.6. The molecule has 2 amide bonds. The second-order valence-electron chi connectivity index (χ2n) is 8.06. The van der Waals surface area contributed by atoms with Gasteiger partial charge in [0.25, 0.3) is 11.8 Å². The Morgan fingerprint density at radius 2 is 1.63 bits per heavy atom. The second-order valence-corrected chi connectivity index (χ2v) is 8.06. The zero-order chi connectivity index (χ0) is 21.1. The predicted octanol–water partition coefficient (Wildman–Crippen LogP) is 3.64. The molecule has 5 heteroatoms. The highest BCUT2D eigenvalue weighted by molar-refractivity contribution is 6.35. The molecule has 0 aliphatic carbocycles. The van der Waals surface area contributed by atoms with Crippen LogP contribution in [0.3, 0.4) is 0 Å². The van der Waals surface area contributed by atoms with E-state index in [4.69, 9.17) is 4.74 Å². The summed E-state index contributed by atoms with van der Waals surface area (Å²) in [6.45, 7) is 6.23. The molecule has 0 radical (unpaired) electrons. The molecule has 2 aliphatic rings. The lowest BCUT2D eigenvalue weighted by molar-refractivity contribution is -0.137. The molecular formula is C25H28N2O3. The van der Waals surface area contributed by atoms with E-state index in [1.165, 1.54) is 16.0 Å². The first-order chi connectivity index (χ1) is 14.6. The minimum atomic E-state index is -0.204. The number of nitrogens with zero attached hydrogens (tertiary/aromatic N) is 2. The topological polar surface area (TPSA) is 49.9 Å². The van der Waals surface area contributed by atoms with Crippen molar-refractivity contribution in [2.45, 2.75) is 39.3 Å². The third kappa shape index (κ3) is 4.03. The SMILES string of the molecule is CC(C)OCCCN1C(=O)C(c2ccccc2)=C(N2CCc3ccccc3C2)C1=O. The van der Waals surface area contributed by atoms with Crippen LogP contribution in [0.15, 0.2) is 60.3 Å². The molecule has 0 aromatic heterocycles. The van der Waals surface area contributed by atoms with Crippen molar-refractivity contribution in [3.8, 4) is 0 Å². The number of rotatable bonds is 7. The van der Waals surface area contributed by atoms with Crippen molar-refractivity contribution in [1.29, 1.82) is 0 Å². The Balaban J connectivity index is 1.63. The summed E-state index contributed by atoms with van der Waals surface area (Å²) >= 11 is 0. The first-order valence-corrected chi connectivity index (χ1v) is 10.7. The molecular weight excluding hydrogens is 376 g/mol. The van der Waals surface area contributed by atoms with E-state index in [1.54, 1.807) is 0 Å². The van der Waals surface area contributed by atoms with Gasteiger partial charge in [-0.3, -0.25) is 14.5 Å². The molecule has 156 valence electrons. The molecule has 0 saturated carbocycles. The van der Waals surface area contributed by atoms with Crippen LogP contribution in [0.5, 0.6) is 0 Å². The molecule has 0 bridgehead atoms. The fourth-order valence-corrected chi connectivity index (χ4v) is 4.15. The summed E-state index contributed by atoms with van der Waals surface area (Å²) in [5.41, 5.74) is 4.38. The Labute approximate surface area is 177 Å². The first kappa shape index (κ1) is 20.4. The maximum absolute atomic E-state index is 13.4. The molecule has 2 aliphatic heterocycles. The van der Waals surface area contributed by atoms with Crippen LogP contribution in [0.1, 0.15) is 37.0 Å². The van der Waals surface area contributed by atoms with Gasteiger partial charge in [0.15, 0.2) is 0 Å². The van der Waals surface area contributed by atoms with E-state index in [2.05, 4.69) is 17.0 Å². The third-order valence-corrected chi connectivity index (χ3v) is 5.63. The molecule has 2 aromatic carbocycles. The number of benzene rings is 2. The van der Waals surface area contributed by atoms with Gasteiger partial charge < -0.3 is 9.64 Å². The van der Waals surface area contributed by atoms with Gasteiger partial charge in [0.05, 0.1) is 11.7 Å². The highest BCUT2D eigenvalue weighted by Crippen LogP contribution is 2.34. The summed E-state index contributed by atoms with van der Waals surface area (Å²) in [7, 11) is 0. The van der Waals surface area contributed by atoms with Crippen LogP contribution in [0.25, 0.3) is 5.57 Å². The van der Waals surface area contributed by atoms with Crippen molar-refractivity contribution in [2.75, 3.05) is 19.7 Å². The maximum atomic E-state index is 13.4. The summed E-state index contributed by atoms with van der Waals surface area (Å²) in [6, 6.07) is 17.9. The molecule has 5 nitrogen and oxygen atoms in total. The second kappa shape index (κ2) is 8.84. The van der Waals surface area contributed by atoms with Crippen molar-refractivity contribution < 1.29 is 14.3 Å². The summed E-state index contributed by atoms with van der Waals surface area (Å²) in [4.78, 5) is 30.2. The number of hydrogen-bond acceptors (Lipinski definition) is 4. The molecule has 0 saturated heterocycles. The summed E-state index contributed by atoms with van der Waals surface area (Å²) in [6.07, 6.45) is 1.64. The number of imide groups is 1. The van der Waals surface area contributed by atoms with Gasteiger partial charge in [0, 0.05) is 26.2 Å². The lowest BCUT2D eigenvalue weighted by atomic mass is 9.98. The number of fused-ring (bicyclic) bond motifs is 1. The van der Waals surface area contributed by atoms with Gasteiger partial charge in [-0.2, -0.15) is 0 Å². The molecule has 30 heavy (non-hydrogen) atoms. The average Bonchev–Trinajstić information content (AvgIpc) is 3.01. The van der Waals surface area contributed by atoms with E-state index in [0.717, 1.165) is 18.5 Å². The van der Waals surface area contributed by atoms with Crippen LogP contribution in [0.2, 0.25) is 0 Å². The maximum Gasteiger partial charge on any atom is 0.277 e. The standard InChI is InChI=1S/C25H28N2O3/c1-18(2)30-16-8-14-27-24(28)22(20-10-4-3-5-11-20)23(25(27)29)26-15-13-19-9-6-7-12-21(19)17-26/h3-7,9-12,18H,8,13-17H2,1-2H3. The minimum absolute atomic E-state index is 0.136. The van der Waals surface area contributed by atoms with Gasteiger partial charge in [0.1, 0.15) is 5.70 Å². The average molecular weight is 405 g/mol. The van der Waals surface area contributed by atoms with Gasteiger partial charge in [-0.15, -0.1) is 0 Å². The smallest absolute Gasteiger partial charge is 0.277 e. The van der Waals surface area contributed by atoms with Crippen molar-refractivity contribution in [1.82, 2.24) is 9.80 Å². The van der Waals surface area contributed by atoms with Crippen LogP contribution in [-0.4, -0.2) is 47.4 Å². The molecule has 0 atom stereocenters. The van der Waals surface area contributed by atoms with E-state index in [-0.39, 0.29) is 17.9 Å². The van der Waals surface area contributed by atoms with E-state index in [9.17, 15) is 9.59 Å². The molecule has 4 rings (SSSR count). The number of amides is 2. The monoisotopic (exact) mass is 404 g/mol. The molecule has 0 fully saturated rings. The van der Waals surface area contributed by atoms with Crippen LogP contribution < -0.4 is 0 Å². The Hall–Kier alpha value is -2.92. The largest absolute Gasteiger partial charge is 0.379 e. The predicted molar refractivity (Wildman–Crippen MR) is 116 cm³/mol. The van der Waals surface area contributed by atoms with E-state index < -0.39 is 0 Å². The van der Waals surface area contributed by atoms with Crippen molar-refractivity contribution >= 4 is 17.4 Å². The number of carbonyl (C=O) groups excluding carboxylic acids is 2. The Morgan fingerprint density at radius 1 is 0.933 bits per heavy atom. The number of hydrogen-bond donors (Lipinski definition) is 0. The summed E-state index contributed by atoms with van der Waals surface area (Å²) in [5.74, 6) is -0.396. The molecule has 0 unspecified atom stereocenters. The lowest BCUT2D eigenvalue weighted by Crippen LogP contribution is -2.38. The van der Waals surface area contributed by atoms with Gasteiger partial charge in [0.2, 0.25) is 0 Å². The Kier molecular flexibility index (Phi) is 6.00. The van der Waals surface area contributed by atoms with Gasteiger partial charge in [-0.05, 0) is 43.4 Å². The molecule has 2 heterocycles. The highest BCUT2D eigenvalue weighted by atomic mass is 16.5. The minimum Gasteiger partial charge on any atom is -0.379 e. The van der Waals surface area contributed by atoms with Gasteiger partial charge in [-0.25, -0.2) is 0 Å². The fraction of sp³-hybridized carbons (Fsp3) is 0.360. The van der Waals surface area contributed by atoms with E-state index in [0.29, 0.717) is 37.4 Å². The fourth-order valence-electron chi connectivity index (χ4n) is 4.15. The summed E-state index contributed by atoms with van der Waals surface area (Å²) < 4.78 is 5.59. The van der Waals surface area contributed by atoms with Crippen LogP contribution in [0, 0.1) is 0 Å². The Bertz CT molecular complexity index is 965. The first-order valence-electron chi connectivity index (χ1n) is 10.7. The summed E-state index contributed by atoms with van der Waals surface area (Å²) in [5, 5.41) is 0. The van der Waals surface area contributed by atoms with Crippen molar-refractivity contribution in [3.63, 3.8) is 0 Å². The van der Waals surface area contributed by atoms with Crippen molar-refractivity contribution in [3.05, 3.63) is 77.0 Å². The van der Waals surface area contributed by atoms with Gasteiger partial charge >= 0.3 is 0 Å². The van der Waals surface area contributed by atoms with Crippen LogP contribution in [-0.2, 0) is 27.3 Å². The Morgan fingerprint density at radius 3 is 2.37 bits per heavy atom. The number of ether oxygens (including phenoxy) is 1. The van der Waals surface area contributed by atoms with Crippen LogP contribution in [0.4, 0.5) is 0 Å².